The minimum absolute atomic E-state index is 0.0335. The van der Waals surface area contributed by atoms with Crippen molar-refractivity contribution in [3.8, 4) is 11.3 Å². The van der Waals surface area contributed by atoms with Crippen LogP contribution in [0.2, 0.25) is 0 Å². The van der Waals surface area contributed by atoms with Crippen LogP contribution in [0, 0.1) is 6.92 Å². The van der Waals surface area contributed by atoms with Crippen LogP contribution in [0.15, 0.2) is 60.8 Å². The van der Waals surface area contributed by atoms with Crippen molar-refractivity contribution in [1.29, 1.82) is 0 Å². The van der Waals surface area contributed by atoms with E-state index in [1.165, 1.54) is 19.2 Å². The first-order chi connectivity index (χ1) is 14.8. The van der Waals surface area contributed by atoms with Crippen LogP contribution in [0.1, 0.15) is 45.3 Å². The number of carbonyl (C=O) groups is 2. The Morgan fingerprint density at radius 2 is 1.71 bits per heavy atom. The summed E-state index contributed by atoms with van der Waals surface area (Å²) in [6.07, 6.45) is -1.59. The van der Waals surface area contributed by atoms with Crippen LogP contribution in [-0.4, -0.2) is 26.3 Å². The Hall–Kier alpha value is -3.94. The van der Waals surface area contributed by atoms with Crippen molar-refractivity contribution in [3.05, 3.63) is 83.2 Å². The third-order valence-corrected chi connectivity index (χ3v) is 4.86. The quantitative estimate of drug-likeness (QED) is 0.456. The van der Waals surface area contributed by atoms with Gasteiger partial charge in [-0.05, 0) is 44.2 Å². The number of anilines is 1. The summed E-state index contributed by atoms with van der Waals surface area (Å²) in [6, 6.07) is 14.9. The molecule has 2 aromatic carbocycles. The Kier molecular flexibility index (Phi) is 5.29. The molecular formula is C23H18F2N4O2. The van der Waals surface area contributed by atoms with Gasteiger partial charge in [0, 0.05) is 16.8 Å². The van der Waals surface area contributed by atoms with Crippen molar-refractivity contribution in [3.63, 3.8) is 0 Å². The number of fused-ring (bicyclic) bond motifs is 1. The van der Waals surface area contributed by atoms with E-state index >= 15 is 0 Å². The fourth-order valence-electron chi connectivity index (χ4n) is 3.16. The van der Waals surface area contributed by atoms with Gasteiger partial charge in [-0.25, -0.2) is 18.3 Å². The zero-order chi connectivity index (χ0) is 22.1. The van der Waals surface area contributed by atoms with Gasteiger partial charge >= 0.3 is 0 Å². The fourth-order valence-corrected chi connectivity index (χ4v) is 3.16. The van der Waals surface area contributed by atoms with Crippen molar-refractivity contribution >= 4 is 23.0 Å². The molecule has 0 saturated heterocycles. The molecule has 0 aliphatic carbocycles. The number of rotatable bonds is 5. The Morgan fingerprint density at radius 1 is 1.03 bits per heavy atom. The highest BCUT2D eigenvalue weighted by molar-refractivity contribution is 6.08. The largest absolute Gasteiger partial charge is 0.322 e. The molecule has 31 heavy (non-hydrogen) atoms. The van der Waals surface area contributed by atoms with Crippen LogP contribution < -0.4 is 5.32 Å². The molecular weight excluding hydrogens is 402 g/mol. The smallest absolute Gasteiger partial charge is 0.280 e. The summed E-state index contributed by atoms with van der Waals surface area (Å²) >= 11 is 0. The molecule has 2 heterocycles. The highest BCUT2D eigenvalue weighted by Gasteiger charge is 2.21. The number of benzene rings is 2. The van der Waals surface area contributed by atoms with Gasteiger partial charge in [-0.1, -0.05) is 29.8 Å². The van der Waals surface area contributed by atoms with Gasteiger partial charge < -0.3 is 5.32 Å². The number of alkyl halides is 2. The molecule has 0 bridgehead atoms. The number of halogens is 2. The summed E-state index contributed by atoms with van der Waals surface area (Å²) in [4.78, 5) is 28.7. The van der Waals surface area contributed by atoms with Crippen LogP contribution in [0.4, 0.5) is 14.5 Å². The molecule has 6 nitrogen and oxygen atoms in total. The second-order valence-corrected chi connectivity index (χ2v) is 7.11. The third kappa shape index (κ3) is 4.05. The van der Waals surface area contributed by atoms with E-state index in [0.717, 1.165) is 10.1 Å². The highest BCUT2D eigenvalue weighted by atomic mass is 19.3. The summed E-state index contributed by atoms with van der Waals surface area (Å²) in [5, 5.41) is 6.64. The second kappa shape index (κ2) is 8.06. The molecule has 0 aliphatic rings. The first kappa shape index (κ1) is 20.3. The van der Waals surface area contributed by atoms with Gasteiger partial charge in [0.1, 0.15) is 11.3 Å². The highest BCUT2D eigenvalue weighted by Crippen LogP contribution is 2.27. The van der Waals surface area contributed by atoms with Crippen molar-refractivity contribution in [2.75, 3.05) is 5.32 Å². The van der Waals surface area contributed by atoms with Gasteiger partial charge in [-0.2, -0.15) is 5.10 Å². The van der Waals surface area contributed by atoms with E-state index in [0.29, 0.717) is 22.5 Å². The average Bonchev–Trinajstić information content (AvgIpc) is 3.18. The number of nitrogens with one attached hydrogen (secondary N) is 1. The Morgan fingerprint density at radius 3 is 2.32 bits per heavy atom. The zero-order valence-electron chi connectivity index (χ0n) is 16.8. The number of amides is 1. The molecule has 0 unspecified atom stereocenters. The number of hydrogen-bond donors (Lipinski definition) is 1. The van der Waals surface area contributed by atoms with Crippen LogP contribution in [0.3, 0.4) is 0 Å². The monoisotopic (exact) mass is 420 g/mol. The summed E-state index contributed by atoms with van der Waals surface area (Å²) in [6.45, 7) is 3.37. The first-order valence-corrected chi connectivity index (χ1v) is 9.49. The van der Waals surface area contributed by atoms with E-state index < -0.39 is 12.3 Å². The first-order valence-electron chi connectivity index (χ1n) is 9.49. The maximum absolute atomic E-state index is 13.7. The molecule has 0 radical (unpaired) electrons. The van der Waals surface area contributed by atoms with Gasteiger partial charge in [0.2, 0.25) is 0 Å². The van der Waals surface area contributed by atoms with Gasteiger partial charge in [0.15, 0.2) is 11.4 Å². The lowest BCUT2D eigenvalue weighted by Gasteiger charge is -2.09. The third-order valence-electron chi connectivity index (χ3n) is 4.86. The number of carbonyl (C=O) groups excluding carboxylic acids is 2. The predicted molar refractivity (Wildman–Crippen MR) is 113 cm³/mol. The molecule has 0 spiro atoms. The molecule has 1 amide bonds. The van der Waals surface area contributed by atoms with Crippen LogP contribution >= 0.6 is 0 Å². The molecule has 4 aromatic rings. The van der Waals surface area contributed by atoms with Gasteiger partial charge in [0.25, 0.3) is 12.3 Å². The molecule has 156 valence electrons. The van der Waals surface area contributed by atoms with Gasteiger partial charge in [0.05, 0.1) is 11.9 Å². The van der Waals surface area contributed by atoms with E-state index in [4.69, 9.17) is 0 Å². The minimum atomic E-state index is -2.80. The number of aromatic nitrogens is 3. The molecule has 0 atom stereocenters. The van der Waals surface area contributed by atoms with Crippen molar-refractivity contribution in [1.82, 2.24) is 14.6 Å². The standard InChI is InChI=1S/C23H18F2N4O2/c1-13-3-5-16(6-4-13)19-11-20(21(24)25)29-22(28-19)18(12-26-29)23(31)27-17-9-7-15(8-10-17)14(2)30/h3-12,21H,1-2H3,(H,27,31). The Balaban J connectivity index is 1.74. The summed E-state index contributed by atoms with van der Waals surface area (Å²) in [5.74, 6) is -0.632. The maximum atomic E-state index is 13.7. The van der Waals surface area contributed by atoms with E-state index in [-0.39, 0.29) is 22.7 Å². The van der Waals surface area contributed by atoms with E-state index in [2.05, 4.69) is 15.4 Å². The van der Waals surface area contributed by atoms with Crippen molar-refractivity contribution in [2.45, 2.75) is 20.3 Å². The lowest BCUT2D eigenvalue weighted by Crippen LogP contribution is -2.13. The van der Waals surface area contributed by atoms with E-state index in [1.807, 2.05) is 19.1 Å². The molecule has 2 aromatic heterocycles. The second-order valence-electron chi connectivity index (χ2n) is 7.11. The SMILES string of the molecule is CC(=O)c1ccc(NC(=O)c2cnn3c(C(F)F)cc(-c4ccc(C)cc4)nc23)cc1. The Bertz CT molecular complexity index is 1280. The van der Waals surface area contributed by atoms with E-state index in [9.17, 15) is 18.4 Å². The average molecular weight is 420 g/mol. The maximum Gasteiger partial charge on any atom is 0.280 e. The van der Waals surface area contributed by atoms with Crippen LogP contribution in [0.25, 0.3) is 16.9 Å². The van der Waals surface area contributed by atoms with Gasteiger partial charge in [-0.3, -0.25) is 9.59 Å². The molecule has 0 fully saturated rings. The number of hydrogen-bond acceptors (Lipinski definition) is 4. The van der Waals surface area contributed by atoms with Crippen LogP contribution in [0.5, 0.6) is 0 Å². The minimum Gasteiger partial charge on any atom is -0.322 e. The number of nitrogens with zero attached hydrogens (tertiary/aromatic N) is 3. The van der Waals surface area contributed by atoms with Crippen molar-refractivity contribution < 1.29 is 18.4 Å². The number of aryl methyl sites for hydroxylation is 1. The summed E-state index contributed by atoms with van der Waals surface area (Å²) in [5.41, 5.74) is 2.71. The zero-order valence-corrected chi connectivity index (χ0v) is 16.8. The van der Waals surface area contributed by atoms with E-state index in [1.54, 1.807) is 36.4 Å². The number of Topliss-reactive ketones (excluding diaryl/α,β-unsaturated/α-hetero) is 1. The van der Waals surface area contributed by atoms with Gasteiger partial charge in [-0.15, -0.1) is 0 Å². The summed E-state index contributed by atoms with van der Waals surface area (Å²) < 4.78 is 28.4. The molecule has 8 heteroatoms. The lowest BCUT2D eigenvalue weighted by atomic mass is 10.1. The normalized spacial score (nSPS) is 11.1. The molecule has 0 aliphatic heterocycles. The van der Waals surface area contributed by atoms with Crippen molar-refractivity contribution in [2.24, 2.45) is 0 Å². The Labute approximate surface area is 176 Å². The molecule has 1 N–H and O–H groups in total. The molecule has 4 rings (SSSR count). The number of ketones is 1. The molecule has 0 saturated carbocycles. The fraction of sp³-hybridized carbons (Fsp3) is 0.130. The summed E-state index contributed by atoms with van der Waals surface area (Å²) in [7, 11) is 0. The van der Waals surface area contributed by atoms with Crippen LogP contribution in [-0.2, 0) is 0 Å². The lowest BCUT2D eigenvalue weighted by molar-refractivity contribution is 0.101. The predicted octanol–water partition coefficient (Wildman–Crippen LogP) is 5.10. The topological polar surface area (TPSA) is 76.4 Å².